The topological polar surface area (TPSA) is 78.7 Å². The molecule has 0 aliphatic carbocycles. The van der Waals surface area contributed by atoms with Gasteiger partial charge >= 0.3 is 11.7 Å². The fourth-order valence-electron chi connectivity index (χ4n) is 1.23. The summed E-state index contributed by atoms with van der Waals surface area (Å²) in [6.07, 6.45) is 2.60. The van der Waals surface area contributed by atoms with Gasteiger partial charge in [0.1, 0.15) is 6.61 Å². The maximum atomic E-state index is 11.0. The lowest BCUT2D eigenvalue weighted by Crippen LogP contribution is -2.02. The third kappa shape index (κ3) is 4.97. The fourth-order valence-corrected chi connectivity index (χ4v) is 1.39. The van der Waals surface area contributed by atoms with E-state index in [1.54, 1.807) is 6.92 Å². The number of rotatable bonds is 6. The van der Waals surface area contributed by atoms with Gasteiger partial charge in [-0.1, -0.05) is 11.6 Å². The van der Waals surface area contributed by atoms with E-state index in [0.29, 0.717) is 5.02 Å². The van der Waals surface area contributed by atoms with E-state index in [1.807, 2.05) is 0 Å². The quantitative estimate of drug-likeness (QED) is 0.347. The molecule has 6 nitrogen and oxygen atoms in total. The molecule has 0 unspecified atom stereocenters. The van der Waals surface area contributed by atoms with E-state index in [1.165, 1.54) is 30.4 Å². The summed E-state index contributed by atoms with van der Waals surface area (Å²) in [5.41, 5.74) is -0.186. The van der Waals surface area contributed by atoms with Crippen LogP contribution in [0.25, 0.3) is 0 Å². The number of nitro benzene ring substituents is 1. The number of nitro groups is 1. The van der Waals surface area contributed by atoms with Gasteiger partial charge in [-0.2, -0.15) is 0 Å². The van der Waals surface area contributed by atoms with Gasteiger partial charge in [0.05, 0.1) is 11.5 Å². The Kier molecular flexibility index (Phi) is 5.81. The molecule has 0 atom stereocenters. The molecule has 1 aromatic rings. The van der Waals surface area contributed by atoms with Crippen LogP contribution in [-0.4, -0.2) is 24.1 Å². The smallest absolute Gasteiger partial charge is 0.330 e. The van der Waals surface area contributed by atoms with Gasteiger partial charge in [-0.3, -0.25) is 10.1 Å². The Morgan fingerprint density at radius 3 is 2.89 bits per heavy atom. The first kappa shape index (κ1) is 15.0. The summed E-state index contributed by atoms with van der Waals surface area (Å²) in [5.74, 6) is -0.447. The van der Waals surface area contributed by atoms with Gasteiger partial charge in [-0.05, 0) is 19.1 Å². The van der Waals surface area contributed by atoms with Crippen molar-refractivity contribution in [2.75, 3.05) is 13.2 Å². The summed E-state index contributed by atoms with van der Waals surface area (Å²) in [6, 6.07) is 4.01. The van der Waals surface area contributed by atoms with Crippen molar-refractivity contribution in [3.63, 3.8) is 0 Å². The monoisotopic (exact) mass is 285 g/mol. The predicted molar refractivity (Wildman–Crippen MR) is 69.4 cm³/mol. The maximum Gasteiger partial charge on any atom is 0.330 e. The summed E-state index contributed by atoms with van der Waals surface area (Å²) < 4.78 is 9.85. The second-order valence-corrected chi connectivity index (χ2v) is 3.77. The molecule has 0 aliphatic heterocycles. The Bertz CT molecular complexity index is 501. The predicted octanol–water partition coefficient (Wildman–Crippen LogP) is 2.75. The van der Waals surface area contributed by atoms with Crippen molar-refractivity contribution in [1.29, 1.82) is 0 Å². The lowest BCUT2D eigenvalue weighted by atomic mass is 10.3. The number of halogens is 1. The molecular weight excluding hydrogens is 274 g/mol. The second-order valence-electron chi connectivity index (χ2n) is 3.33. The Labute approximate surface area is 114 Å². The van der Waals surface area contributed by atoms with Crippen LogP contribution < -0.4 is 4.74 Å². The zero-order valence-electron chi connectivity index (χ0n) is 10.2. The van der Waals surface area contributed by atoms with Crippen molar-refractivity contribution in [2.24, 2.45) is 0 Å². The highest BCUT2D eigenvalue weighted by molar-refractivity contribution is 6.30. The molecule has 1 aromatic carbocycles. The third-order valence-electron chi connectivity index (χ3n) is 1.99. The highest BCUT2D eigenvalue weighted by atomic mass is 35.5. The molecule has 0 radical (unpaired) electrons. The van der Waals surface area contributed by atoms with E-state index < -0.39 is 10.9 Å². The van der Waals surface area contributed by atoms with Gasteiger partial charge in [-0.15, -0.1) is 0 Å². The van der Waals surface area contributed by atoms with Crippen molar-refractivity contribution in [2.45, 2.75) is 6.92 Å². The number of nitrogens with zero attached hydrogens (tertiary/aromatic N) is 1. The fraction of sp³-hybridized carbons (Fsp3) is 0.250. The van der Waals surface area contributed by atoms with Crippen LogP contribution in [0.2, 0.25) is 5.02 Å². The lowest BCUT2D eigenvalue weighted by molar-refractivity contribution is -0.385. The molecule has 0 N–H and O–H groups in total. The number of ether oxygens (including phenoxy) is 2. The van der Waals surface area contributed by atoms with E-state index in [4.69, 9.17) is 16.3 Å². The molecule has 19 heavy (non-hydrogen) atoms. The molecule has 0 saturated carbocycles. The van der Waals surface area contributed by atoms with Gasteiger partial charge in [0.2, 0.25) is 0 Å². The average molecular weight is 286 g/mol. The number of carbonyl (C=O) groups excluding carboxylic acids is 1. The van der Waals surface area contributed by atoms with Crippen LogP contribution in [0.15, 0.2) is 30.4 Å². The van der Waals surface area contributed by atoms with E-state index in [-0.39, 0.29) is 24.7 Å². The number of esters is 1. The summed E-state index contributed by atoms with van der Waals surface area (Å²) in [5, 5.41) is 11.1. The highest BCUT2D eigenvalue weighted by Gasteiger charge is 2.14. The SMILES string of the molecule is CCOC(=O)/C=C/COc1cc(Cl)ccc1[N+](=O)[O-]. The minimum absolute atomic E-state index is 0.00000346. The molecule has 0 fully saturated rings. The summed E-state index contributed by atoms with van der Waals surface area (Å²) in [4.78, 5) is 21.2. The Hall–Kier alpha value is -2.08. The van der Waals surface area contributed by atoms with Crippen molar-refractivity contribution in [3.8, 4) is 5.75 Å². The largest absolute Gasteiger partial charge is 0.483 e. The Balaban J connectivity index is 2.64. The van der Waals surface area contributed by atoms with E-state index in [2.05, 4.69) is 4.74 Å². The van der Waals surface area contributed by atoms with Crippen LogP contribution >= 0.6 is 11.6 Å². The number of hydrogen-bond donors (Lipinski definition) is 0. The summed E-state index contributed by atoms with van der Waals surface area (Å²) >= 11 is 5.73. The van der Waals surface area contributed by atoms with Gasteiger partial charge in [0.25, 0.3) is 0 Å². The van der Waals surface area contributed by atoms with Crippen LogP contribution in [0.5, 0.6) is 5.75 Å². The molecule has 0 bridgehead atoms. The zero-order valence-corrected chi connectivity index (χ0v) is 10.9. The first-order valence-electron chi connectivity index (χ1n) is 5.44. The van der Waals surface area contributed by atoms with Crippen LogP contribution in [0, 0.1) is 10.1 Å². The highest BCUT2D eigenvalue weighted by Crippen LogP contribution is 2.29. The number of carbonyl (C=O) groups is 1. The first-order chi connectivity index (χ1) is 9.04. The summed E-state index contributed by atoms with van der Waals surface area (Å²) in [7, 11) is 0. The molecule has 0 aliphatic rings. The molecule has 1 rings (SSSR count). The minimum Gasteiger partial charge on any atom is -0.483 e. The van der Waals surface area contributed by atoms with Crippen molar-refractivity contribution in [1.82, 2.24) is 0 Å². The van der Waals surface area contributed by atoms with Crippen LogP contribution in [0.1, 0.15) is 6.92 Å². The van der Waals surface area contributed by atoms with Crippen molar-refractivity contribution >= 4 is 23.3 Å². The summed E-state index contributed by atoms with van der Waals surface area (Å²) in [6.45, 7) is 1.97. The normalized spacial score (nSPS) is 10.4. The van der Waals surface area contributed by atoms with Crippen LogP contribution in [0.4, 0.5) is 5.69 Å². The molecule has 0 aromatic heterocycles. The van der Waals surface area contributed by atoms with E-state index in [0.717, 1.165) is 0 Å². The molecule has 7 heteroatoms. The zero-order chi connectivity index (χ0) is 14.3. The van der Waals surface area contributed by atoms with Gasteiger partial charge in [-0.25, -0.2) is 4.79 Å². The molecule has 0 amide bonds. The minimum atomic E-state index is -0.569. The standard InChI is InChI=1S/C12H12ClNO5/c1-2-18-12(15)4-3-7-19-11-8-9(13)5-6-10(11)14(16)17/h3-6,8H,2,7H2,1H3/b4-3+. The van der Waals surface area contributed by atoms with E-state index in [9.17, 15) is 14.9 Å². The van der Waals surface area contributed by atoms with Crippen LogP contribution in [0.3, 0.4) is 0 Å². The first-order valence-corrected chi connectivity index (χ1v) is 5.82. The molecule has 0 saturated heterocycles. The lowest BCUT2D eigenvalue weighted by Gasteiger charge is -2.04. The third-order valence-corrected chi connectivity index (χ3v) is 2.23. The maximum absolute atomic E-state index is 11.0. The molecule has 102 valence electrons. The van der Waals surface area contributed by atoms with E-state index >= 15 is 0 Å². The Morgan fingerprint density at radius 1 is 1.53 bits per heavy atom. The van der Waals surface area contributed by atoms with Crippen molar-refractivity contribution in [3.05, 3.63) is 45.5 Å². The van der Waals surface area contributed by atoms with Crippen LogP contribution in [-0.2, 0) is 9.53 Å². The van der Waals surface area contributed by atoms with Crippen molar-refractivity contribution < 1.29 is 19.2 Å². The van der Waals surface area contributed by atoms with Gasteiger partial charge in [0.15, 0.2) is 5.75 Å². The Morgan fingerprint density at radius 2 is 2.26 bits per heavy atom. The van der Waals surface area contributed by atoms with Gasteiger partial charge < -0.3 is 9.47 Å². The number of benzene rings is 1. The average Bonchev–Trinajstić information content (AvgIpc) is 2.34. The molecule has 0 spiro atoms. The molecular formula is C12H12ClNO5. The molecule has 0 heterocycles. The second kappa shape index (κ2) is 7.38. The van der Waals surface area contributed by atoms with Gasteiger partial charge in [0, 0.05) is 23.2 Å². The number of hydrogen-bond acceptors (Lipinski definition) is 5.